The van der Waals surface area contributed by atoms with Crippen molar-refractivity contribution >= 4 is 5.97 Å². The molecule has 0 rings (SSSR count). The topological polar surface area (TPSA) is 100 Å². The van der Waals surface area contributed by atoms with Gasteiger partial charge in [0.05, 0.1) is 99.1 Å². The lowest BCUT2D eigenvalue weighted by Gasteiger charge is -2.09. The van der Waals surface area contributed by atoms with Crippen molar-refractivity contribution in [3.05, 3.63) is 0 Å². The van der Waals surface area contributed by atoms with E-state index < -0.39 is 0 Å². The van der Waals surface area contributed by atoms with Gasteiger partial charge in [0.25, 0.3) is 0 Å². The zero-order valence-corrected chi connectivity index (χ0v) is 27.8. The van der Waals surface area contributed by atoms with E-state index in [-0.39, 0.29) is 12.6 Å². The standard InChI is InChI=1S/C33H66O10/c1-3-4-5-6-7-8-9-10-11-12-13-14-15-16-35-17-18-36-19-20-37-21-22-38-23-24-39-25-26-40-27-28-41-29-30-42-31-32-43-33(2)34/h3-32H2,1-2H3. The van der Waals surface area contributed by atoms with Crippen LogP contribution in [0.3, 0.4) is 0 Å². The lowest BCUT2D eigenvalue weighted by Crippen LogP contribution is -2.15. The van der Waals surface area contributed by atoms with Crippen LogP contribution in [0.4, 0.5) is 0 Å². The number of hydrogen-bond donors (Lipinski definition) is 0. The summed E-state index contributed by atoms with van der Waals surface area (Å²) >= 11 is 0. The fraction of sp³-hybridized carbons (Fsp3) is 0.970. The maximum Gasteiger partial charge on any atom is 0.302 e. The SMILES string of the molecule is CCCCCCCCCCCCCCCOCCOCCOCCOCCOCCOCCOCCOCCOC(C)=O. The van der Waals surface area contributed by atoms with Gasteiger partial charge in [-0.2, -0.15) is 0 Å². The molecule has 0 amide bonds. The third kappa shape index (κ3) is 41.1. The van der Waals surface area contributed by atoms with Gasteiger partial charge in [-0.15, -0.1) is 0 Å². The molecule has 0 aliphatic carbocycles. The van der Waals surface area contributed by atoms with Gasteiger partial charge in [0.15, 0.2) is 0 Å². The van der Waals surface area contributed by atoms with Crippen molar-refractivity contribution in [2.45, 2.75) is 97.3 Å². The molecule has 0 heterocycles. The van der Waals surface area contributed by atoms with E-state index in [1.165, 1.54) is 84.0 Å². The first-order valence-electron chi connectivity index (χ1n) is 17.0. The van der Waals surface area contributed by atoms with Crippen LogP contribution >= 0.6 is 0 Å². The molecule has 0 fully saturated rings. The van der Waals surface area contributed by atoms with E-state index in [2.05, 4.69) is 6.92 Å². The van der Waals surface area contributed by atoms with E-state index in [1.54, 1.807) is 0 Å². The van der Waals surface area contributed by atoms with Crippen molar-refractivity contribution < 1.29 is 47.4 Å². The van der Waals surface area contributed by atoms with Crippen LogP contribution in [0.2, 0.25) is 0 Å². The maximum atomic E-state index is 10.6. The molecule has 0 spiro atoms. The monoisotopic (exact) mass is 622 g/mol. The average molecular weight is 623 g/mol. The summed E-state index contributed by atoms with van der Waals surface area (Å²) in [4.78, 5) is 10.6. The zero-order valence-electron chi connectivity index (χ0n) is 27.8. The first-order chi connectivity index (χ1) is 21.3. The Morgan fingerprint density at radius 1 is 0.326 bits per heavy atom. The highest BCUT2D eigenvalue weighted by Gasteiger charge is 1.97. The Bertz CT molecular complexity index is 524. The highest BCUT2D eigenvalue weighted by molar-refractivity contribution is 5.65. The van der Waals surface area contributed by atoms with Crippen molar-refractivity contribution in [2.75, 3.05) is 112 Å². The Balaban J connectivity index is 3.03. The van der Waals surface area contributed by atoms with E-state index >= 15 is 0 Å². The van der Waals surface area contributed by atoms with Crippen molar-refractivity contribution in [1.82, 2.24) is 0 Å². The van der Waals surface area contributed by atoms with E-state index in [0.717, 1.165) is 13.0 Å². The molecule has 43 heavy (non-hydrogen) atoms. The highest BCUT2D eigenvalue weighted by Crippen LogP contribution is 2.12. The Morgan fingerprint density at radius 2 is 0.558 bits per heavy atom. The molecule has 0 N–H and O–H groups in total. The third-order valence-electron chi connectivity index (χ3n) is 6.53. The molecule has 0 aliphatic heterocycles. The Hall–Kier alpha value is -0.850. The second-order valence-corrected chi connectivity index (χ2v) is 10.5. The van der Waals surface area contributed by atoms with Crippen LogP contribution in [0.15, 0.2) is 0 Å². The molecule has 258 valence electrons. The van der Waals surface area contributed by atoms with Crippen LogP contribution in [0, 0.1) is 0 Å². The molecular weight excluding hydrogens is 556 g/mol. The van der Waals surface area contributed by atoms with Gasteiger partial charge >= 0.3 is 5.97 Å². The van der Waals surface area contributed by atoms with Crippen molar-refractivity contribution in [1.29, 1.82) is 0 Å². The van der Waals surface area contributed by atoms with Crippen LogP contribution in [0.25, 0.3) is 0 Å². The highest BCUT2D eigenvalue weighted by atomic mass is 16.6. The molecule has 10 nitrogen and oxygen atoms in total. The molecule has 0 saturated heterocycles. The van der Waals surface area contributed by atoms with Crippen molar-refractivity contribution in [3.63, 3.8) is 0 Å². The van der Waals surface area contributed by atoms with Crippen LogP contribution < -0.4 is 0 Å². The quantitative estimate of drug-likeness (QED) is 0.0623. The smallest absolute Gasteiger partial charge is 0.302 e. The van der Waals surface area contributed by atoms with E-state index in [1.807, 2.05) is 0 Å². The molecule has 0 aromatic heterocycles. The summed E-state index contributed by atoms with van der Waals surface area (Å²) < 4.78 is 48.5. The van der Waals surface area contributed by atoms with Crippen molar-refractivity contribution in [2.24, 2.45) is 0 Å². The van der Waals surface area contributed by atoms with Crippen LogP contribution in [0.5, 0.6) is 0 Å². The number of ether oxygens (including phenoxy) is 9. The lowest BCUT2D eigenvalue weighted by atomic mass is 10.0. The molecule has 10 heteroatoms. The summed E-state index contributed by atoms with van der Waals surface area (Å²) in [7, 11) is 0. The van der Waals surface area contributed by atoms with Gasteiger partial charge in [-0.05, 0) is 6.42 Å². The van der Waals surface area contributed by atoms with E-state index in [4.69, 9.17) is 42.6 Å². The minimum atomic E-state index is -0.303. The molecule has 0 aliphatic rings. The van der Waals surface area contributed by atoms with Gasteiger partial charge in [-0.25, -0.2) is 0 Å². The number of carbonyl (C=O) groups excluding carboxylic acids is 1. The number of carbonyl (C=O) groups is 1. The Kier molecular flexibility index (Phi) is 38.4. The molecule has 0 aromatic carbocycles. The molecule has 0 radical (unpaired) electrons. The lowest BCUT2D eigenvalue weighted by molar-refractivity contribution is -0.142. The summed E-state index contributed by atoms with van der Waals surface area (Å²) in [6.45, 7) is 12.6. The van der Waals surface area contributed by atoms with Crippen molar-refractivity contribution in [3.8, 4) is 0 Å². The Morgan fingerprint density at radius 3 is 0.837 bits per heavy atom. The van der Waals surface area contributed by atoms with Gasteiger partial charge in [0, 0.05) is 13.5 Å². The second kappa shape index (κ2) is 39.2. The van der Waals surface area contributed by atoms with Gasteiger partial charge < -0.3 is 42.6 Å². The summed E-state index contributed by atoms with van der Waals surface area (Å²) in [5.74, 6) is -0.303. The summed E-state index contributed by atoms with van der Waals surface area (Å²) in [5.41, 5.74) is 0. The van der Waals surface area contributed by atoms with Crippen LogP contribution in [0.1, 0.15) is 97.3 Å². The summed E-state index contributed by atoms with van der Waals surface area (Å²) in [6, 6.07) is 0. The minimum absolute atomic E-state index is 0.267. The minimum Gasteiger partial charge on any atom is -0.463 e. The normalized spacial score (nSPS) is 11.4. The molecule has 0 bridgehead atoms. The van der Waals surface area contributed by atoms with E-state index in [9.17, 15) is 4.79 Å². The first kappa shape index (κ1) is 42.1. The summed E-state index contributed by atoms with van der Waals surface area (Å²) in [5, 5.41) is 0. The predicted molar refractivity (Wildman–Crippen MR) is 169 cm³/mol. The molecule has 0 unspecified atom stereocenters. The second-order valence-electron chi connectivity index (χ2n) is 10.5. The first-order valence-corrected chi connectivity index (χ1v) is 17.0. The number of esters is 1. The summed E-state index contributed by atoms with van der Waals surface area (Å²) in [6.07, 6.45) is 17.8. The van der Waals surface area contributed by atoms with Gasteiger partial charge in [-0.1, -0.05) is 84.0 Å². The van der Waals surface area contributed by atoms with Crippen LogP contribution in [-0.2, 0) is 47.4 Å². The van der Waals surface area contributed by atoms with E-state index in [0.29, 0.717) is 99.1 Å². The van der Waals surface area contributed by atoms with Gasteiger partial charge in [0.2, 0.25) is 0 Å². The van der Waals surface area contributed by atoms with Gasteiger partial charge in [-0.3, -0.25) is 4.79 Å². The van der Waals surface area contributed by atoms with Crippen LogP contribution in [-0.4, -0.2) is 118 Å². The largest absolute Gasteiger partial charge is 0.463 e. The zero-order chi connectivity index (χ0) is 31.2. The molecule has 0 atom stereocenters. The third-order valence-corrected chi connectivity index (χ3v) is 6.53. The average Bonchev–Trinajstić information content (AvgIpc) is 3.00. The number of unbranched alkanes of at least 4 members (excludes halogenated alkanes) is 12. The fourth-order valence-corrected chi connectivity index (χ4v) is 4.11. The maximum absolute atomic E-state index is 10.6. The predicted octanol–water partition coefficient (Wildman–Crippen LogP) is 5.77. The van der Waals surface area contributed by atoms with Gasteiger partial charge in [0.1, 0.15) is 6.61 Å². The number of hydrogen-bond acceptors (Lipinski definition) is 10. The molecule has 0 aromatic rings. The number of rotatable bonds is 38. The fourth-order valence-electron chi connectivity index (χ4n) is 4.11. The Labute approximate surface area is 263 Å². The molecule has 0 saturated carbocycles. The molecular formula is C33H66O10.